The van der Waals surface area contributed by atoms with Crippen molar-refractivity contribution in [3.05, 3.63) is 39.8 Å². The number of rotatable bonds is 5. The van der Waals surface area contributed by atoms with E-state index >= 15 is 0 Å². The van der Waals surface area contributed by atoms with Crippen LogP contribution in [-0.2, 0) is 22.4 Å². The summed E-state index contributed by atoms with van der Waals surface area (Å²) in [6, 6.07) is 5.89. The number of esters is 1. The lowest BCUT2D eigenvalue weighted by molar-refractivity contribution is -0.113. The lowest BCUT2D eigenvalue weighted by Crippen LogP contribution is -2.16. The predicted octanol–water partition coefficient (Wildman–Crippen LogP) is 4.38. The molecule has 0 fully saturated rings. The molecule has 0 spiro atoms. The molecule has 180 valence electrons. The minimum Gasteiger partial charge on any atom is -0.465 e. The molecule has 6 rings (SSSR count). The van der Waals surface area contributed by atoms with Gasteiger partial charge in [0, 0.05) is 16.3 Å². The first kappa shape index (κ1) is 22.2. The molecule has 0 radical (unpaired) electrons. The topological polar surface area (TPSA) is 104 Å². The number of thiophene rings is 1. The van der Waals surface area contributed by atoms with Gasteiger partial charge in [-0.3, -0.25) is 9.20 Å². The number of anilines is 1. The highest BCUT2D eigenvalue weighted by Gasteiger charge is 2.27. The van der Waals surface area contributed by atoms with Crippen molar-refractivity contribution in [2.24, 2.45) is 0 Å². The largest absolute Gasteiger partial charge is 0.465 e. The van der Waals surface area contributed by atoms with Crippen LogP contribution in [0.15, 0.2) is 23.4 Å². The Morgan fingerprint density at radius 2 is 1.97 bits per heavy atom. The molecule has 9 nitrogen and oxygen atoms in total. The molecule has 1 aromatic carbocycles. The number of amides is 1. The second kappa shape index (κ2) is 8.72. The Balaban J connectivity index is 1.28. The van der Waals surface area contributed by atoms with Crippen LogP contribution < -0.4 is 14.8 Å². The van der Waals surface area contributed by atoms with Gasteiger partial charge in [0.15, 0.2) is 22.3 Å². The van der Waals surface area contributed by atoms with Crippen LogP contribution in [0.5, 0.6) is 11.5 Å². The van der Waals surface area contributed by atoms with E-state index in [4.69, 9.17) is 14.2 Å². The number of thioether (sulfide) groups is 1. The Hall–Kier alpha value is -3.31. The van der Waals surface area contributed by atoms with Crippen molar-refractivity contribution in [1.29, 1.82) is 0 Å². The smallest absolute Gasteiger partial charge is 0.341 e. The van der Waals surface area contributed by atoms with Crippen molar-refractivity contribution in [2.45, 2.75) is 37.8 Å². The van der Waals surface area contributed by atoms with Crippen LogP contribution in [0.3, 0.4) is 0 Å². The standard InChI is InChI=1S/C24H22N4O5S2/c1-12-7-13-8-16-17(33-11-32-16)9-15(13)28-21(12)26-27-24(28)34-10-19(29)25-22-20(23(30)31-2)14-5-3-4-6-18(14)35-22/h7-9H,3-6,10-11H2,1-2H3,(H,25,29). The molecule has 3 aromatic heterocycles. The van der Waals surface area contributed by atoms with Crippen LogP contribution in [0.2, 0.25) is 0 Å². The molecule has 0 saturated heterocycles. The van der Waals surface area contributed by atoms with Crippen molar-refractivity contribution < 1.29 is 23.8 Å². The van der Waals surface area contributed by atoms with E-state index in [1.165, 1.54) is 30.2 Å². The van der Waals surface area contributed by atoms with Gasteiger partial charge in [-0.15, -0.1) is 21.5 Å². The molecular formula is C24H22N4O5S2. The van der Waals surface area contributed by atoms with E-state index in [9.17, 15) is 9.59 Å². The molecule has 11 heteroatoms. The highest BCUT2D eigenvalue weighted by molar-refractivity contribution is 7.99. The fourth-order valence-electron chi connectivity index (χ4n) is 4.65. The van der Waals surface area contributed by atoms with Gasteiger partial charge in [-0.25, -0.2) is 4.79 Å². The minimum atomic E-state index is -0.406. The second-order valence-corrected chi connectivity index (χ2v) is 10.5. The van der Waals surface area contributed by atoms with Crippen LogP contribution in [0.25, 0.3) is 16.6 Å². The number of carbonyl (C=O) groups excluding carboxylic acids is 2. The van der Waals surface area contributed by atoms with E-state index in [0.29, 0.717) is 27.2 Å². The SMILES string of the molecule is COC(=O)c1c(NC(=O)CSc2nnc3c(C)cc4cc5c(cc4n23)OCO5)sc2c1CCCC2. The van der Waals surface area contributed by atoms with E-state index in [-0.39, 0.29) is 18.5 Å². The third kappa shape index (κ3) is 3.79. The van der Waals surface area contributed by atoms with Gasteiger partial charge in [-0.2, -0.15) is 0 Å². The van der Waals surface area contributed by atoms with Crippen LogP contribution in [-0.4, -0.2) is 46.1 Å². The summed E-state index contributed by atoms with van der Waals surface area (Å²) >= 11 is 2.76. The van der Waals surface area contributed by atoms with Crippen molar-refractivity contribution in [2.75, 3.05) is 25.0 Å². The molecule has 4 heterocycles. The molecule has 1 amide bonds. The Morgan fingerprint density at radius 3 is 2.80 bits per heavy atom. The van der Waals surface area contributed by atoms with E-state index in [1.54, 1.807) is 0 Å². The number of nitrogens with one attached hydrogen (secondary N) is 1. The lowest BCUT2D eigenvalue weighted by atomic mass is 9.95. The quantitative estimate of drug-likeness (QED) is 0.312. The highest BCUT2D eigenvalue weighted by atomic mass is 32.2. The maximum atomic E-state index is 12.9. The second-order valence-electron chi connectivity index (χ2n) is 8.48. The van der Waals surface area contributed by atoms with Crippen molar-refractivity contribution in [3.63, 3.8) is 0 Å². The number of aromatic nitrogens is 3. The fraction of sp³-hybridized carbons (Fsp3) is 0.333. The van der Waals surface area contributed by atoms with Gasteiger partial charge in [-0.05, 0) is 55.9 Å². The molecule has 1 aliphatic carbocycles. The molecule has 1 aliphatic heterocycles. The monoisotopic (exact) mass is 510 g/mol. The summed E-state index contributed by atoms with van der Waals surface area (Å²) < 4.78 is 18.0. The number of methoxy groups -OCH3 is 1. The summed E-state index contributed by atoms with van der Waals surface area (Å²) in [6.45, 7) is 2.17. The summed E-state index contributed by atoms with van der Waals surface area (Å²) in [4.78, 5) is 26.6. The Kier molecular flexibility index (Phi) is 5.53. The number of hydrogen-bond acceptors (Lipinski definition) is 9. The molecule has 35 heavy (non-hydrogen) atoms. The van der Waals surface area contributed by atoms with Gasteiger partial charge in [-0.1, -0.05) is 11.8 Å². The Morgan fingerprint density at radius 1 is 1.17 bits per heavy atom. The first-order valence-electron chi connectivity index (χ1n) is 11.3. The number of benzene rings is 1. The first-order chi connectivity index (χ1) is 17.0. The molecule has 1 N–H and O–H groups in total. The molecule has 0 atom stereocenters. The summed E-state index contributed by atoms with van der Waals surface area (Å²) in [7, 11) is 1.37. The lowest BCUT2D eigenvalue weighted by Gasteiger charge is -2.11. The average Bonchev–Trinajstić information content (AvgIpc) is 3.57. The number of hydrogen-bond donors (Lipinski definition) is 1. The van der Waals surface area contributed by atoms with Crippen LogP contribution in [0.1, 0.15) is 39.2 Å². The predicted molar refractivity (Wildman–Crippen MR) is 133 cm³/mol. The summed E-state index contributed by atoms with van der Waals surface area (Å²) in [5, 5.41) is 13.8. The van der Waals surface area contributed by atoms with Gasteiger partial charge >= 0.3 is 5.97 Å². The van der Waals surface area contributed by atoms with Gasteiger partial charge in [0.2, 0.25) is 12.7 Å². The van der Waals surface area contributed by atoms with Crippen LogP contribution in [0, 0.1) is 6.92 Å². The van der Waals surface area contributed by atoms with E-state index in [1.807, 2.05) is 29.5 Å². The molecule has 2 aliphatic rings. The molecule has 0 saturated carbocycles. The minimum absolute atomic E-state index is 0.115. The van der Waals surface area contributed by atoms with Gasteiger partial charge in [0.05, 0.1) is 23.9 Å². The number of pyridine rings is 1. The fourth-order valence-corrected chi connectivity index (χ4v) is 6.69. The summed E-state index contributed by atoms with van der Waals surface area (Å²) in [6.07, 6.45) is 3.87. The number of ether oxygens (including phenoxy) is 3. The normalized spacial score (nSPS) is 14.3. The maximum absolute atomic E-state index is 12.9. The molecule has 0 unspecified atom stereocenters. The van der Waals surface area contributed by atoms with Crippen LogP contribution in [0.4, 0.5) is 5.00 Å². The van der Waals surface area contributed by atoms with Crippen molar-refractivity contribution in [3.8, 4) is 11.5 Å². The van der Waals surface area contributed by atoms with Crippen molar-refractivity contribution >= 4 is 56.5 Å². The zero-order valence-electron chi connectivity index (χ0n) is 19.2. The maximum Gasteiger partial charge on any atom is 0.341 e. The van der Waals surface area contributed by atoms with Gasteiger partial charge in [0.25, 0.3) is 0 Å². The molecule has 0 bridgehead atoms. The number of fused-ring (bicyclic) bond motifs is 5. The summed E-state index contributed by atoms with van der Waals surface area (Å²) in [5.74, 6) is 0.866. The Labute approximate surface area is 208 Å². The highest BCUT2D eigenvalue weighted by Crippen LogP contribution is 2.39. The average molecular weight is 511 g/mol. The third-order valence-corrected chi connectivity index (χ3v) is 8.40. The molecular weight excluding hydrogens is 488 g/mol. The Bertz CT molecular complexity index is 1510. The zero-order valence-corrected chi connectivity index (χ0v) is 20.8. The number of nitrogens with zero attached hydrogens (tertiary/aromatic N) is 3. The summed E-state index contributed by atoms with van der Waals surface area (Å²) in [5.41, 5.74) is 4.07. The van der Waals surface area contributed by atoms with E-state index < -0.39 is 5.97 Å². The van der Waals surface area contributed by atoms with Gasteiger partial charge in [0.1, 0.15) is 5.00 Å². The zero-order chi connectivity index (χ0) is 24.1. The first-order valence-corrected chi connectivity index (χ1v) is 13.1. The van der Waals surface area contributed by atoms with E-state index in [2.05, 4.69) is 15.5 Å². The number of aryl methyl sites for hydroxylation is 2. The van der Waals surface area contributed by atoms with Crippen LogP contribution >= 0.6 is 23.1 Å². The number of carbonyl (C=O) groups is 2. The van der Waals surface area contributed by atoms with E-state index in [0.717, 1.165) is 58.2 Å². The van der Waals surface area contributed by atoms with Crippen molar-refractivity contribution in [1.82, 2.24) is 14.6 Å². The molecule has 4 aromatic rings. The third-order valence-electron chi connectivity index (χ3n) is 6.27. The van der Waals surface area contributed by atoms with Gasteiger partial charge < -0.3 is 19.5 Å².